The second-order valence-corrected chi connectivity index (χ2v) is 8.39. The van der Waals surface area contributed by atoms with Gasteiger partial charge in [-0.2, -0.15) is 0 Å². The maximum absolute atomic E-state index is 11.9. The number of ether oxygens (including phenoxy) is 2. The fourth-order valence-corrected chi connectivity index (χ4v) is 4.33. The lowest BCUT2D eigenvalue weighted by Crippen LogP contribution is -2.42. The van der Waals surface area contributed by atoms with Gasteiger partial charge in [0, 0.05) is 11.6 Å². The summed E-state index contributed by atoms with van der Waals surface area (Å²) in [6, 6.07) is 8.89. The summed E-state index contributed by atoms with van der Waals surface area (Å²) in [7, 11) is 3.16. The van der Waals surface area contributed by atoms with Gasteiger partial charge in [-0.25, -0.2) is 0 Å². The lowest BCUT2D eigenvalue weighted by molar-refractivity contribution is -0.119. The van der Waals surface area contributed by atoms with Crippen LogP contribution < -0.4 is 20.3 Å². The summed E-state index contributed by atoms with van der Waals surface area (Å²) >= 11 is 3.88. The number of benzene rings is 1. The first-order valence-corrected chi connectivity index (χ1v) is 10.6. The third-order valence-electron chi connectivity index (χ3n) is 3.39. The monoisotopic (exact) mass is 436 g/mol. The van der Waals surface area contributed by atoms with Gasteiger partial charge in [0.05, 0.1) is 24.8 Å². The topological polar surface area (TPSA) is 102 Å². The van der Waals surface area contributed by atoms with Crippen molar-refractivity contribution < 1.29 is 19.1 Å². The molecule has 0 spiro atoms. The molecule has 2 aromatic heterocycles. The van der Waals surface area contributed by atoms with Crippen LogP contribution in [0.4, 0.5) is 0 Å². The van der Waals surface area contributed by atoms with Crippen LogP contribution in [0.3, 0.4) is 0 Å². The summed E-state index contributed by atoms with van der Waals surface area (Å²) in [5.74, 6) is 0.716. The van der Waals surface area contributed by atoms with Crippen LogP contribution in [0.2, 0.25) is 0 Å². The number of methoxy groups -OCH3 is 2. The lowest BCUT2D eigenvalue weighted by atomic mass is 10.2. The fourth-order valence-electron chi connectivity index (χ4n) is 2.07. The van der Waals surface area contributed by atoms with Crippen LogP contribution in [0.5, 0.6) is 11.5 Å². The van der Waals surface area contributed by atoms with Gasteiger partial charge in [0.15, 0.2) is 4.34 Å². The minimum atomic E-state index is -0.349. The van der Waals surface area contributed by atoms with Crippen LogP contribution >= 0.6 is 34.4 Å². The molecule has 1 aromatic carbocycles. The Morgan fingerprint density at radius 2 is 1.86 bits per heavy atom. The Bertz CT molecular complexity index is 937. The maximum atomic E-state index is 11.9. The molecule has 3 rings (SSSR count). The predicted molar refractivity (Wildman–Crippen MR) is 109 cm³/mol. The van der Waals surface area contributed by atoms with Crippen LogP contribution in [0.1, 0.15) is 9.67 Å². The average molecular weight is 437 g/mol. The molecule has 2 amide bonds. The first kappa shape index (κ1) is 20.1. The Kier molecular flexibility index (Phi) is 6.85. The highest BCUT2D eigenvalue weighted by atomic mass is 32.2. The van der Waals surface area contributed by atoms with E-state index >= 15 is 0 Å². The summed E-state index contributed by atoms with van der Waals surface area (Å²) in [5.41, 5.74) is 5.57. The number of carbonyl (C=O) groups excluding carboxylic acids is 2. The van der Waals surface area contributed by atoms with Gasteiger partial charge in [-0.05, 0) is 23.6 Å². The van der Waals surface area contributed by atoms with Crippen molar-refractivity contribution in [3.05, 3.63) is 40.6 Å². The molecule has 3 aromatic rings. The van der Waals surface area contributed by atoms with Gasteiger partial charge >= 0.3 is 0 Å². The Morgan fingerprint density at radius 1 is 1.11 bits per heavy atom. The van der Waals surface area contributed by atoms with Crippen LogP contribution in [0, 0.1) is 0 Å². The number of thiophene rings is 1. The molecular weight excluding hydrogens is 420 g/mol. The largest absolute Gasteiger partial charge is 0.497 e. The fraction of sp³-hybridized carbons (Fsp3) is 0.176. The minimum Gasteiger partial charge on any atom is -0.497 e. The zero-order chi connectivity index (χ0) is 19.9. The zero-order valence-corrected chi connectivity index (χ0v) is 17.4. The first-order chi connectivity index (χ1) is 13.6. The molecule has 146 valence electrons. The third kappa shape index (κ3) is 5.21. The van der Waals surface area contributed by atoms with Crippen molar-refractivity contribution in [2.75, 3.05) is 20.0 Å². The zero-order valence-electron chi connectivity index (χ0n) is 14.9. The Balaban J connectivity index is 1.55. The molecular formula is C17H16N4O4S3. The predicted octanol–water partition coefficient (Wildman–Crippen LogP) is 2.84. The molecule has 0 atom stereocenters. The highest BCUT2D eigenvalue weighted by molar-refractivity contribution is 8.01. The van der Waals surface area contributed by atoms with E-state index in [0.717, 1.165) is 5.56 Å². The van der Waals surface area contributed by atoms with E-state index in [4.69, 9.17) is 9.47 Å². The number of aromatic nitrogens is 2. The number of rotatable bonds is 7. The van der Waals surface area contributed by atoms with E-state index in [1.54, 1.807) is 37.8 Å². The number of nitrogens with zero attached hydrogens (tertiary/aromatic N) is 2. The van der Waals surface area contributed by atoms with E-state index in [2.05, 4.69) is 21.0 Å². The van der Waals surface area contributed by atoms with Crippen molar-refractivity contribution in [3.63, 3.8) is 0 Å². The van der Waals surface area contributed by atoms with Gasteiger partial charge in [0.1, 0.15) is 16.5 Å². The molecule has 2 N–H and O–H groups in total. The molecule has 28 heavy (non-hydrogen) atoms. The minimum absolute atomic E-state index is 0.0980. The quantitative estimate of drug-likeness (QED) is 0.434. The smallest absolute Gasteiger partial charge is 0.279 e. The van der Waals surface area contributed by atoms with Crippen LogP contribution in [-0.4, -0.2) is 42.0 Å². The third-order valence-corrected chi connectivity index (χ3v) is 6.37. The summed E-state index contributed by atoms with van der Waals surface area (Å²) < 4.78 is 11.2. The van der Waals surface area contributed by atoms with Gasteiger partial charge in [0.2, 0.25) is 5.91 Å². The highest BCUT2D eigenvalue weighted by Gasteiger charge is 2.13. The molecule has 0 radical (unpaired) electrons. The summed E-state index contributed by atoms with van der Waals surface area (Å²) in [4.78, 5) is 24.2. The number of hydrogen-bond donors (Lipinski definition) is 2. The molecule has 0 fully saturated rings. The molecule has 0 bridgehead atoms. The highest BCUT2D eigenvalue weighted by Crippen LogP contribution is 2.33. The normalized spacial score (nSPS) is 10.4. The number of hydrazine groups is 1. The van der Waals surface area contributed by atoms with Crippen molar-refractivity contribution in [2.45, 2.75) is 4.34 Å². The molecule has 8 nitrogen and oxygen atoms in total. The molecule has 0 saturated heterocycles. The molecule has 0 unspecified atom stereocenters. The second-order valence-electron chi connectivity index (χ2n) is 5.24. The van der Waals surface area contributed by atoms with Crippen molar-refractivity contribution >= 4 is 46.2 Å². The van der Waals surface area contributed by atoms with Gasteiger partial charge < -0.3 is 9.47 Å². The SMILES string of the molecule is COc1cc(OC)cc(-c2nnc(SCC(=O)NNC(=O)c3cccs3)s2)c1. The molecule has 0 aliphatic rings. The first-order valence-electron chi connectivity index (χ1n) is 7.91. The van der Waals surface area contributed by atoms with E-state index in [0.29, 0.717) is 25.7 Å². The van der Waals surface area contributed by atoms with E-state index in [1.807, 2.05) is 12.1 Å². The van der Waals surface area contributed by atoms with Gasteiger partial charge in [-0.1, -0.05) is 29.2 Å². The number of hydrogen-bond acceptors (Lipinski definition) is 9. The molecule has 0 saturated carbocycles. The Hall–Kier alpha value is -2.63. The Morgan fingerprint density at radius 3 is 2.50 bits per heavy atom. The van der Waals surface area contributed by atoms with Gasteiger partial charge in [-0.3, -0.25) is 20.4 Å². The maximum Gasteiger partial charge on any atom is 0.279 e. The van der Waals surface area contributed by atoms with Crippen molar-refractivity contribution in [1.82, 2.24) is 21.0 Å². The van der Waals surface area contributed by atoms with Crippen LogP contribution in [0.15, 0.2) is 40.1 Å². The molecule has 0 aliphatic heterocycles. The number of thioether (sulfide) groups is 1. The van der Waals surface area contributed by atoms with E-state index < -0.39 is 0 Å². The standard InChI is InChI=1S/C17H16N4O4S3/c1-24-11-6-10(7-12(8-11)25-2)16-20-21-17(28-16)27-9-14(22)18-19-15(23)13-4-3-5-26-13/h3-8H,9H2,1-2H3,(H,18,22)(H,19,23). The number of carbonyl (C=O) groups is 2. The summed E-state index contributed by atoms with van der Waals surface area (Å²) in [5, 5.41) is 10.7. The summed E-state index contributed by atoms with van der Waals surface area (Å²) in [6.07, 6.45) is 0. The van der Waals surface area contributed by atoms with Crippen molar-refractivity contribution in [2.24, 2.45) is 0 Å². The van der Waals surface area contributed by atoms with E-state index in [9.17, 15) is 9.59 Å². The lowest BCUT2D eigenvalue weighted by Gasteiger charge is -2.06. The number of nitrogens with one attached hydrogen (secondary N) is 2. The second kappa shape index (κ2) is 9.53. The molecule has 2 heterocycles. The summed E-state index contributed by atoms with van der Waals surface area (Å²) in [6.45, 7) is 0. The van der Waals surface area contributed by atoms with Crippen molar-refractivity contribution in [3.8, 4) is 22.1 Å². The van der Waals surface area contributed by atoms with Gasteiger partial charge in [0.25, 0.3) is 5.91 Å². The molecule has 0 aliphatic carbocycles. The van der Waals surface area contributed by atoms with E-state index in [1.165, 1.54) is 34.4 Å². The van der Waals surface area contributed by atoms with Gasteiger partial charge in [-0.15, -0.1) is 21.5 Å². The average Bonchev–Trinajstić information content (AvgIpc) is 3.42. The van der Waals surface area contributed by atoms with Crippen LogP contribution in [0.25, 0.3) is 10.6 Å². The molecule has 11 heteroatoms. The Labute approximate surface area is 173 Å². The number of amides is 2. The van der Waals surface area contributed by atoms with Crippen LogP contribution in [-0.2, 0) is 4.79 Å². The van der Waals surface area contributed by atoms with Crippen molar-refractivity contribution in [1.29, 1.82) is 0 Å². The van der Waals surface area contributed by atoms with E-state index in [-0.39, 0.29) is 17.6 Å².